The maximum absolute atomic E-state index is 5.43. The first-order valence-electron chi connectivity index (χ1n) is 5.68. The number of hydrogen-bond donors (Lipinski definition) is 1. The van der Waals surface area contributed by atoms with Crippen LogP contribution in [0.5, 0.6) is 5.75 Å². The van der Waals surface area contributed by atoms with Gasteiger partial charge in [-0.05, 0) is 32.0 Å². The Bertz CT molecular complexity index is 302. The lowest BCUT2D eigenvalue weighted by atomic mass is 10.1. The van der Waals surface area contributed by atoms with Crippen LogP contribution in [0, 0.1) is 0 Å². The first-order valence-corrected chi connectivity index (χ1v) is 5.68. The number of nitrogens with one attached hydrogen (secondary N) is 1. The summed E-state index contributed by atoms with van der Waals surface area (Å²) in [5.74, 6) is 0.944. The molecule has 90 valence electrons. The van der Waals surface area contributed by atoms with Crippen LogP contribution in [-0.4, -0.2) is 33.4 Å². The highest BCUT2D eigenvalue weighted by molar-refractivity contribution is 5.33. The van der Waals surface area contributed by atoms with Gasteiger partial charge in [0.25, 0.3) is 0 Å². The van der Waals surface area contributed by atoms with Gasteiger partial charge in [0.2, 0.25) is 0 Å². The van der Waals surface area contributed by atoms with Gasteiger partial charge in [-0.15, -0.1) is 0 Å². The van der Waals surface area contributed by atoms with Crippen LogP contribution >= 0.6 is 0 Å². The molecule has 3 heteroatoms. The lowest BCUT2D eigenvalue weighted by Crippen LogP contribution is -2.32. The molecule has 0 aliphatic heterocycles. The molecule has 0 aliphatic rings. The number of para-hydroxylation sites is 1. The molecule has 1 aromatic carbocycles. The lowest BCUT2D eigenvalue weighted by molar-refractivity contribution is 0.125. The SMILES string of the molecule is CCOCC(Cc1ccccc1OC)NC. The standard InChI is InChI=1S/C13H21NO2/c1-4-16-10-12(14-2)9-11-7-5-6-8-13(11)15-3/h5-8,12,14H,4,9-10H2,1-3H3. The van der Waals surface area contributed by atoms with E-state index in [2.05, 4.69) is 11.4 Å². The Labute approximate surface area is 97.8 Å². The Morgan fingerprint density at radius 2 is 2.06 bits per heavy atom. The summed E-state index contributed by atoms with van der Waals surface area (Å²) in [6.07, 6.45) is 0.917. The molecule has 1 unspecified atom stereocenters. The van der Waals surface area contributed by atoms with Crippen LogP contribution in [0.3, 0.4) is 0 Å². The molecule has 0 aromatic heterocycles. The summed E-state index contributed by atoms with van der Waals surface area (Å²) >= 11 is 0. The molecular formula is C13H21NO2. The van der Waals surface area contributed by atoms with Crippen molar-refractivity contribution in [3.05, 3.63) is 29.8 Å². The van der Waals surface area contributed by atoms with Crippen LogP contribution in [0.4, 0.5) is 0 Å². The second kappa shape index (κ2) is 7.25. The minimum atomic E-state index is 0.330. The van der Waals surface area contributed by atoms with E-state index in [0.717, 1.165) is 25.4 Å². The van der Waals surface area contributed by atoms with E-state index in [1.807, 2.05) is 32.2 Å². The Kier molecular flexibility index (Phi) is 5.90. The van der Waals surface area contributed by atoms with E-state index in [-0.39, 0.29) is 0 Å². The molecule has 16 heavy (non-hydrogen) atoms. The van der Waals surface area contributed by atoms with Crippen molar-refractivity contribution in [3.8, 4) is 5.75 Å². The minimum Gasteiger partial charge on any atom is -0.496 e. The molecule has 0 spiro atoms. The third kappa shape index (κ3) is 3.83. The largest absolute Gasteiger partial charge is 0.496 e. The van der Waals surface area contributed by atoms with Gasteiger partial charge >= 0.3 is 0 Å². The molecule has 0 radical (unpaired) electrons. The Balaban J connectivity index is 2.62. The van der Waals surface area contributed by atoms with Gasteiger partial charge in [-0.2, -0.15) is 0 Å². The van der Waals surface area contributed by atoms with Crippen LogP contribution in [0.25, 0.3) is 0 Å². The lowest BCUT2D eigenvalue weighted by Gasteiger charge is -2.17. The van der Waals surface area contributed by atoms with Gasteiger partial charge in [-0.3, -0.25) is 0 Å². The summed E-state index contributed by atoms with van der Waals surface area (Å²) in [7, 11) is 3.66. The maximum atomic E-state index is 5.43. The van der Waals surface area contributed by atoms with E-state index in [1.54, 1.807) is 7.11 Å². The normalized spacial score (nSPS) is 12.4. The molecule has 0 saturated carbocycles. The highest BCUT2D eigenvalue weighted by Gasteiger charge is 2.10. The topological polar surface area (TPSA) is 30.5 Å². The first-order chi connectivity index (χ1) is 7.81. The van der Waals surface area contributed by atoms with Crippen molar-refractivity contribution >= 4 is 0 Å². The highest BCUT2D eigenvalue weighted by atomic mass is 16.5. The van der Waals surface area contributed by atoms with Crippen LogP contribution in [0.1, 0.15) is 12.5 Å². The molecule has 0 amide bonds. The second-order valence-electron chi connectivity index (χ2n) is 3.66. The molecule has 0 bridgehead atoms. The molecular weight excluding hydrogens is 202 g/mol. The maximum Gasteiger partial charge on any atom is 0.122 e. The average Bonchev–Trinajstić information content (AvgIpc) is 2.34. The third-order valence-electron chi connectivity index (χ3n) is 2.59. The predicted octanol–water partition coefficient (Wildman–Crippen LogP) is 1.86. The quantitative estimate of drug-likeness (QED) is 0.765. The van der Waals surface area contributed by atoms with Gasteiger partial charge in [0, 0.05) is 12.6 Å². The van der Waals surface area contributed by atoms with E-state index in [4.69, 9.17) is 9.47 Å². The number of methoxy groups -OCH3 is 1. The van der Waals surface area contributed by atoms with Crippen LogP contribution < -0.4 is 10.1 Å². The smallest absolute Gasteiger partial charge is 0.122 e. The number of ether oxygens (including phenoxy) is 2. The zero-order valence-electron chi connectivity index (χ0n) is 10.3. The van der Waals surface area contributed by atoms with Gasteiger partial charge in [0.15, 0.2) is 0 Å². The zero-order chi connectivity index (χ0) is 11.8. The van der Waals surface area contributed by atoms with Crippen LogP contribution in [0.15, 0.2) is 24.3 Å². The molecule has 1 rings (SSSR count). The minimum absolute atomic E-state index is 0.330. The summed E-state index contributed by atoms with van der Waals surface area (Å²) in [5, 5.41) is 3.26. The van der Waals surface area contributed by atoms with Crippen molar-refractivity contribution in [3.63, 3.8) is 0 Å². The molecule has 0 aliphatic carbocycles. The van der Waals surface area contributed by atoms with E-state index < -0.39 is 0 Å². The molecule has 1 atom stereocenters. The van der Waals surface area contributed by atoms with Gasteiger partial charge in [-0.1, -0.05) is 18.2 Å². The van der Waals surface area contributed by atoms with Crippen LogP contribution in [-0.2, 0) is 11.2 Å². The molecule has 0 fully saturated rings. The molecule has 3 nitrogen and oxygen atoms in total. The summed E-state index contributed by atoms with van der Waals surface area (Å²) in [6, 6.07) is 8.43. The van der Waals surface area contributed by atoms with Crippen LogP contribution in [0.2, 0.25) is 0 Å². The summed E-state index contributed by atoms with van der Waals surface area (Å²) in [5.41, 5.74) is 1.21. The Morgan fingerprint density at radius 1 is 1.31 bits per heavy atom. The molecule has 0 heterocycles. The van der Waals surface area contributed by atoms with Crippen molar-refractivity contribution < 1.29 is 9.47 Å². The average molecular weight is 223 g/mol. The summed E-state index contributed by atoms with van der Waals surface area (Å²) < 4.78 is 10.8. The van der Waals surface area contributed by atoms with Crippen molar-refractivity contribution in [1.29, 1.82) is 0 Å². The van der Waals surface area contributed by atoms with E-state index in [1.165, 1.54) is 5.56 Å². The van der Waals surface area contributed by atoms with Crippen molar-refractivity contribution in [2.75, 3.05) is 27.4 Å². The Hall–Kier alpha value is -1.06. The molecule has 1 N–H and O–H groups in total. The predicted molar refractivity (Wildman–Crippen MR) is 66.0 cm³/mol. The third-order valence-corrected chi connectivity index (χ3v) is 2.59. The van der Waals surface area contributed by atoms with Crippen molar-refractivity contribution in [2.45, 2.75) is 19.4 Å². The monoisotopic (exact) mass is 223 g/mol. The highest BCUT2D eigenvalue weighted by Crippen LogP contribution is 2.18. The van der Waals surface area contributed by atoms with Gasteiger partial charge in [0.05, 0.1) is 13.7 Å². The number of rotatable bonds is 7. The molecule has 1 aromatic rings. The van der Waals surface area contributed by atoms with E-state index >= 15 is 0 Å². The van der Waals surface area contributed by atoms with Crippen molar-refractivity contribution in [1.82, 2.24) is 5.32 Å². The van der Waals surface area contributed by atoms with Crippen molar-refractivity contribution in [2.24, 2.45) is 0 Å². The molecule has 0 saturated heterocycles. The fourth-order valence-corrected chi connectivity index (χ4v) is 1.64. The van der Waals surface area contributed by atoms with E-state index in [0.29, 0.717) is 6.04 Å². The number of benzene rings is 1. The number of hydrogen-bond acceptors (Lipinski definition) is 3. The van der Waals surface area contributed by atoms with Gasteiger partial charge in [-0.25, -0.2) is 0 Å². The zero-order valence-corrected chi connectivity index (χ0v) is 10.3. The summed E-state index contributed by atoms with van der Waals surface area (Å²) in [6.45, 7) is 3.49. The fourth-order valence-electron chi connectivity index (χ4n) is 1.64. The second-order valence-corrected chi connectivity index (χ2v) is 3.66. The van der Waals surface area contributed by atoms with E-state index in [9.17, 15) is 0 Å². The first kappa shape index (κ1) is 13.0. The van der Waals surface area contributed by atoms with Gasteiger partial charge < -0.3 is 14.8 Å². The summed E-state index contributed by atoms with van der Waals surface area (Å²) in [4.78, 5) is 0. The fraction of sp³-hybridized carbons (Fsp3) is 0.538. The van der Waals surface area contributed by atoms with Gasteiger partial charge in [0.1, 0.15) is 5.75 Å². The Morgan fingerprint density at radius 3 is 2.69 bits per heavy atom. The number of likely N-dealkylation sites (N-methyl/N-ethyl adjacent to an activating group) is 1.